The van der Waals surface area contributed by atoms with Crippen LogP contribution in [0.5, 0.6) is 5.88 Å². The summed E-state index contributed by atoms with van der Waals surface area (Å²) >= 11 is 0. The van der Waals surface area contributed by atoms with Gasteiger partial charge in [0.05, 0.1) is 17.6 Å². The summed E-state index contributed by atoms with van der Waals surface area (Å²) in [7, 11) is -3.82. The Kier molecular flexibility index (Phi) is 7.73. The average Bonchev–Trinajstić information content (AvgIpc) is 3.51. The molecule has 3 N–H and O–H groups in total. The first-order valence-corrected chi connectivity index (χ1v) is 16.6. The third-order valence-corrected chi connectivity index (χ3v) is 10.4. The number of hydrogen-bond donors (Lipinski definition) is 3. The van der Waals surface area contributed by atoms with E-state index in [0.29, 0.717) is 36.5 Å². The molecule has 6 rings (SSSR count). The van der Waals surface area contributed by atoms with Crippen molar-refractivity contribution in [3.63, 3.8) is 0 Å². The molecule has 1 saturated heterocycles. The minimum Gasteiger partial charge on any atom is -0.477 e. The number of halogens is 3. The quantitative estimate of drug-likeness (QED) is 0.324. The van der Waals surface area contributed by atoms with E-state index in [-0.39, 0.29) is 47.9 Å². The number of ether oxygens (including phenoxy) is 1. The number of aromatic nitrogens is 4. The highest BCUT2D eigenvalue weighted by molar-refractivity contribution is 7.91. The molecule has 2 fully saturated rings. The van der Waals surface area contributed by atoms with Gasteiger partial charge in [0.15, 0.2) is 20.8 Å². The smallest absolute Gasteiger partial charge is 0.394 e. The first kappa shape index (κ1) is 31.1. The molecular formula is C30H37F3N8O3S. The summed E-state index contributed by atoms with van der Waals surface area (Å²) in [6, 6.07) is 7.89. The zero-order valence-electron chi connectivity index (χ0n) is 25.4. The highest BCUT2D eigenvalue weighted by Crippen LogP contribution is 2.59. The largest absolute Gasteiger partial charge is 0.477 e. The Bertz CT molecular complexity index is 1720. The normalized spacial score (nSPS) is 24.1. The lowest BCUT2D eigenvalue weighted by molar-refractivity contribution is -0.190. The number of aryl methyl sites for hydroxylation is 1. The van der Waals surface area contributed by atoms with Gasteiger partial charge in [-0.3, -0.25) is 9.52 Å². The van der Waals surface area contributed by atoms with Crippen LogP contribution in [0, 0.1) is 23.0 Å². The maximum absolute atomic E-state index is 13.7. The average molecular weight is 647 g/mol. The molecule has 45 heavy (non-hydrogen) atoms. The van der Waals surface area contributed by atoms with Gasteiger partial charge in [0.2, 0.25) is 5.88 Å². The Morgan fingerprint density at radius 1 is 1.16 bits per heavy atom. The standard InChI is InChI=1S/C30H37F3N8O3S/c1-19-6-9-24-37-25(19)35-14-4-5-20-17-28(2,3)40(18-20)26-21(27(42)39-45(24,34)43)7-8-22(36-26)41-15-10-23(38-41)44-16-13-29(11-12-29)30(31,32)33/h6-10,15,20H,4-5,11-14,16-18H2,1-3H3,(H,35,37)(H2,34,39,42,43). The number of hydrogen-bond acceptors (Lipinski definition) is 9. The summed E-state index contributed by atoms with van der Waals surface area (Å²) in [6.07, 6.45) is 0.107. The molecule has 0 spiro atoms. The summed E-state index contributed by atoms with van der Waals surface area (Å²) in [5.41, 5.74) is -1.02. The Labute approximate surface area is 260 Å². The van der Waals surface area contributed by atoms with Crippen molar-refractivity contribution in [3.8, 4) is 11.7 Å². The molecule has 4 bridgehead atoms. The molecule has 3 aliphatic rings. The summed E-state index contributed by atoms with van der Waals surface area (Å²) < 4.78 is 71.3. The Morgan fingerprint density at radius 3 is 2.67 bits per heavy atom. The SMILES string of the molecule is Cc1ccc2nc1NCCCC1CN(c3nc(-n4ccc(OCCC5(C(F)(F)F)CC5)n4)ccc3C(=O)NS2(=N)=O)C(C)(C)C1. The van der Waals surface area contributed by atoms with Gasteiger partial charge in [-0.2, -0.15) is 13.2 Å². The van der Waals surface area contributed by atoms with Crippen LogP contribution in [-0.4, -0.2) is 61.3 Å². The lowest BCUT2D eigenvalue weighted by atomic mass is 9.93. The number of carbonyl (C=O) groups is 1. The maximum Gasteiger partial charge on any atom is 0.394 e. The fourth-order valence-electron chi connectivity index (χ4n) is 6.28. The van der Waals surface area contributed by atoms with Crippen molar-refractivity contribution >= 4 is 27.5 Å². The van der Waals surface area contributed by atoms with E-state index in [9.17, 15) is 22.2 Å². The van der Waals surface area contributed by atoms with Crippen LogP contribution in [0.4, 0.5) is 24.8 Å². The van der Waals surface area contributed by atoms with Crippen LogP contribution in [0.3, 0.4) is 0 Å². The first-order valence-electron chi connectivity index (χ1n) is 15.0. The molecule has 2 aliphatic heterocycles. The third kappa shape index (κ3) is 6.18. The fourth-order valence-corrected chi connectivity index (χ4v) is 7.23. The van der Waals surface area contributed by atoms with Crippen LogP contribution >= 0.6 is 0 Å². The summed E-state index contributed by atoms with van der Waals surface area (Å²) in [5, 5.41) is 7.61. The summed E-state index contributed by atoms with van der Waals surface area (Å²) in [5.74, 6) is 1.02. The molecule has 5 heterocycles. The van der Waals surface area contributed by atoms with Crippen LogP contribution in [0.2, 0.25) is 0 Å². The molecule has 1 saturated carbocycles. The zero-order chi connectivity index (χ0) is 32.2. The lowest BCUT2D eigenvalue weighted by Gasteiger charge is -2.34. The van der Waals surface area contributed by atoms with Gasteiger partial charge < -0.3 is 15.0 Å². The fraction of sp³-hybridized carbons (Fsp3) is 0.533. The third-order valence-electron chi connectivity index (χ3n) is 9.09. The number of anilines is 2. The predicted octanol–water partition coefficient (Wildman–Crippen LogP) is 5.64. The van der Waals surface area contributed by atoms with E-state index < -0.39 is 27.4 Å². The van der Waals surface area contributed by atoms with Crippen molar-refractivity contribution in [3.05, 3.63) is 47.7 Å². The van der Waals surface area contributed by atoms with Crippen molar-refractivity contribution in [1.29, 1.82) is 4.78 Å². The van der Waals surface area contributed by atoms with Gasteiger partial charge in [0, 0.05) is 30.9 Å². The van der Waals surface area contributed by atoms with Crippen molar-refractivity contribution in [2.45, 2.75) is 76.0 Å². The topological polar surface area (TPSA) is 138 Å². The predicted molar refractivity (Wildman–Crippen MR) is 162 cm³/mol. The molecule has 11 nitrogen and oxygen atoms in total. The van der Waals surface area contributed by atoms with Gasteiger partial charge in [-0.05, 0) is 89.0 Å². The second kappa shape index (κ2) is 11.2. The Hall–Kier alpha value is -3.88. The molecule has 1 amide bonds. The number of pyridine rings is 2. The minimum absolute atomic E-state index is 0.0565. The van der Waals surface area contributed by atoms with Crippen LogP contribution in [-0.2, 0) is 9.92 Å². The van der Waals surface area contributed by atoms with E-state index in [0.717, 1.165) is 24.8 Å². The number of nitrogens with zero attached hydrogens (tertiary/aromatic N) is 5. The molecule has 1 aliphatic carbocycles. The number of fused-ring (bicyclic) bond motifs is 6. The van der Waals surface area contributed by atoms with Gasteiger partial charge in [-0.1, -0.05) is 6.07 Å². The second-order valence-electron chi connectivity index (χ2n) is 12.9. The van der Waals surface area contributed by atoms with Crippen LogP contribution in [0.15, 0.2) is 41.6 Å². The number of alkyl halides is 3. The van der Waals surface area contributed by atoms with E-state index in [4.69, 9.17) is 14.5 Å². The Morgan fingerprint density at radius 2 is 1.93 bits per heavy atom. The van der Waals surface area contributed by atoms with Crippen LogP contribution < -0.4 is 19.7 Å². The molecule has 0 radical (unpaired) electrons. The van der Waals surface area contributed by atoms with Crippen molar-refractivity contribution < 1.29 is 26.9 Å². The van der Waals surface area contributed by atoms with E-state index in [1.807, 2.05) is 6.92 Å². The molecule has 3 aromatic heterocycles. The first-order chi connectivity index (χ1) is 21.2. The number of nitrogens with one attached hydrogen (secondary N) is 3. The molecule has 3 aromatic rings. The molecule has 242 valence electrons. The van der Waals surface area contributed by atoms with Crippen molar-refractivity contribution in [2.24, 2.45) is 11.3 Å². The summed E-state index contributed by atoms with van der Waals surface area (Å²) in [6.45, 7) is 7.23. The van der Waals surface area contributed by atoms with E-state index in [2.05, 4.69) is 38.9 Å². The van der Waals surface area contributed by atoms with Crippen molar-refractivity contribution in [1.82, 2.24) is 24.5 Å². The molecule has 2 unspecified atom stereocenters. The number of amides is 1. The number of carbonyl (C=O) groups excluding carboxylic acids is 1. The molecule has 0 aromatic carbocycles. The van der Waals surface area contributed by atoms with Gasteiger partial charge >= 0.3 is 6.18 Å². The Balaban J connectivity index is 1.31. The van der Waals surface area contributed by atoms with Gasteiger partial charge in [-0.25, -0.2) is 23.6 Å². The van der Waals surface area contributed by atoms with Gasteiger partial charge in [0.1, 0.15) is 11.6 Å². The molecular weight excluding hydrogens is 609 g/mol. The van der Waals surface area contributed by atoms with Crippen molar-refractivity contribution in [2.75, 3.05) is 29.9 Å². The van der Waals surface area contributed by atoms with Gasteiger partial charge in [0.25, 0.3) is 5.91 Å². The molecule has 2 atom stereocenters. The lowest BCUT2D eigenvalue weighted by Crippen LogP contribution is -2.41. The van der Waals surface area contributed by atoms with E-state index >= 15 is 0 Å². The highest BCUT2D eigenvalue weighted by Gasteiger charge is 2.62. The van der Waals surface area contributed by atoms with E-state index in [1.54, 1.807) is 30.5 Å². The number of rotatable bonds is 5. The van der Waals surface area contributed by atoms with Gasteiger partial charge in [-0.15, -0.1) is 5.10 Å². The van der Waals surface area contributed by atoms with E-state index in [1.165, 1.54) is 10.7 Å². The monoisotopic (exact) mass is 646 g/mol. The highest BCUT2D eigenvalue weighted by atomic mass is 32.2. The van der Waals surface area contributed by atoms with Crippen LogP contribution in [0.25, 0.3) is 5.82 Å². The summed E-state index contributed by atoms with van der Waals surface area (Å²) in [4.78, 5) is 25.0. The minimum atomic E-state index is -4.24. The second-order valence-corrected chi connectivity index (χ2v) is 14.6. The van der Waals surface area contributed by atoms with Crippen LogP contribution in [0.1, 0.15) is 68.3 Å². The maximum atomic E-state index is 13.7. The zero-order valence-corrected chi connectivity index (χ0v) is 26.2. The molecule has 15 heteroatoms.